The van der Waals surface area contributed by atoms with Crippen LogP contribution in [0.3, 0.4) is 0 Å². The number of rotatable bonds is 9. The molecule has 6 aromatic rings. The van der Waals surface area contributed by atoms with Crippen LogP contribution >= 0.6 is 0 Å². The van der Waals surface area contributed by atoms with Gasteiger partial charge in [0.05, 0.1) is 74.1 Å². The van der Waals surface area contributed by atoms with Crippen LogP contribution in [-0.4, -0.2) is 212 Å². The molecule has 6 aliphatic carbocycles. The summed E-state index contributed by atoms with van der Waals surface area (Å²) in [5.41, 5.74) is -7.43. The largest absolute Gasteiger partial charge is 0.540 e. The van der Waals surface area contributed by atoms with Gasteiger partial charge in [0.2, 0.25) is 35.4 Å². The molecule has 18 rings (SSSR count). The maximum atomic E-state index is 16.9. The minimum atomic E-state index is -3.37. The summed E-state index contributed by atoms with van der Waals surface area (Å²) in [4.78, 5) is 151. The average molecular weight is 2120 g/mol. The molecule has 0 unspecified atom stereocenters. The number of carbonyl (C=O) groups is 6. The number of aromatic nitrogens is 6. The van der Waals surface area contributed by atoms with Crippen LogP contribution in [0.4, 0.5) is 40.7 Å². The van der Waals surface area contributed by atoms with Crippen molar-refractivity contribution >= 4 is 88.0 Å². The number of benzene rings is 3. The van der Waals surface area contributed by atoms with Gasteiger partial charge in [0.25, 0.3) is 0 Å². The molecule has 6 saturated carbocycles. The van der Waals surface area contributed by atoms with Gasteiger partial charge in [-0.3, -0.25) is 14.4 Å². The SMILES string of the molecule is CC[C@@H]1[C@@H]2CN(C(=O)[C@H](C(C)(C)C)NC(=O)O[C@@H]3CCC[C@H]3CCCC3(CC3)C(F)(F)c3nc4ccc(OC)cc4nc3O2)[C@@H]1[C-]=O.CC[C@@H]1[C@@H]2CN(C(=O)[C@H](C(C)(C)C)NC(=O)O[C@]3(C)CCC[C@H]3CCCC3(CC3)C(F)(F)c3nc4ccc(OC)cc4nc3O2)[C@@H]1[C-]=O.CC[C@@H]1[C@@H]2CN(C(=O)[C@H](C(C)(C)C)NC(=O)O[C@]3(C)C[C@H]3CCCC3(CC3)C(F)(F)c3nc4ccc(OC)cc4nc3O2)[C@@H]1[C-]=O.[V].[V].[V]. The van der Waals surface area contributed by atoms with Gasteiger partial charge < -0.3 is 87.7 Å². The summed E-state index contributed by atoms with van der Waals surface area (Å²) in [5, 5.41) is 8.42. The summed E-state index contributed by atoms with van der Waals surface area (Å²) in [6, 6.07) is 8.42. The van der Waals surface area contributed by atoms with E-state index in [9.17, 15) is 43.2 Å². The van der Waals surface area contributed by atoms with Crippen LogP contribution in [0.2, 0.25) is 0 Å². The second kappa shape index (κ2) is 42.9. The van der Waals surface area contributed by atoms with Gasteiger partial charge in [0.15, 0.2) is 17.1 Å². The Morgan fingerprint density at radius 3 is 1.00 bits per heavy atom. The molecule has 12 aliphatic rings. The van der Waals surface area contributed by atoms with E-state index < -0.39 is 187 Å². The Labute approximate surface area is 873 Å². The van der Waals surface area contributed by atoms with Crippen LogP contribution in [0.15, 0.2) is 54.6 Å². The van der Waals surface area contributed by atoms with Crippen molar-refractivity contribution in [3.8, 4) is 34.9 Å². The fraction of sp³-hybridized carbons (Fsp3) is 0.686. The van der Waals surface area contributed by atoms with E-state index in [1.54, 1.807) is 54.6 Å². The molecule has 6 bridgehead atoms. The van der Waals surface area contributed by atoms with Crippen molar-refractivity contribution in [2.45, 2.75) is 347 Å². The summed E-state index contributed by atoms with van der Waals surface area (Å²) in [6.45, 7) is 25.4. The Balaban J connectivity index is 0.000000179. The summed E-state index contributed by atoms with van der Waals surface area (Å²) in [5.74, 6) is -12.7. The van der Waals surface area contributed by atoms with Gasteiger partial charge in [-0.2, -0.15) is 26.3 Å². The van der Waals surface area contributed by atoms with E-state index >= 15 is 26.3 Å². The molecule has 6 amide bonds. The smallest absolute Gasteiger partial charge is 0.408 e. The van der Waals surface area contributed by atoms with Gasteiger partial charge in [0.1, 0.15) is 71.0 Å². The number of carbonyl (C=O) groups excluding carboxylic acids is 9. The summed E-state index contributed by atoms with van der Waals surface area (Å²) >= 11 is 0. The molecule has 144 heavy (non-hydrogen) atoms. The molecular formula is C105H135F6N12O18V3-3. The second-order valence-corrected chi connectivity index (χ2v) is 45.1. The van der Waals surface area contributed by atoms with E-state index in [0.717, 1.165) is 25.7 Å². The van der Waals surface area contributed by atoms with E-state index in [1.807, 2.05) is 116 Å². The number of fused-ring (bicyclic) bond motifs is 15. The molecular weight excluding hydrogens is 1980 g/mol. The van der Waals surface area contributed by atoms with E-state index in [0.29, 0.717) is 149 Å². The molecule has 783 valence electrons. The predicted molar refractivity (Wildman–Crippen MR) is 507 cm³/mol. The number of halogens is 6. The van der Waals surface area contributed by atoms with E-state index in [-0.39, 0.29) is 153 Å². The van der Waals surface area contributed by atoms with E-state index in [4.69, 9.17) is 42.6 Å². The summed E-state index contributed by atoms with van der Waals surface area (Å²) in [7, 11) is 4.51. The van der Waals surface area contributed by atoms with Crippen molar-refractivity contribution in [1.82, 2.24) is 60.6 Å². The summed E-state index contributed by atoms with van der Waals surface area (Å²) < 4.78 is 154. The van der Waals surface area contributed by atoms with Crippen molar-refractivity contribution in [2.75, 3.05) is 41.0 Å². The fourth-order valence-corrected chi connectivity index (χ4v) is 23.5. The number of nitrogens with zero attached hydrogens (tertiary/aromatic N) is 9. The van der Waals surface area contributed by atoms with Crippen LogP contribution < -0.4 is 44.4 Å². The maximum Gasteiger partial charge on any atom is 0.408 e. The van der Waals surface area contributed by atoms with Crippen molar-refractivity contribution < 1.29 is 168 Å². The van der Waals surface area contributed by atoms with E-state index in [2.05, 4.69) is 45.9 Å². The van der Waals surface area contributed by atoms with Crippen molar-refractivity contribution in [3.05, 3.63) is 71.7 Å². The molecule has 30 nitrogen and oxygen atoms in total. The minimum absolute atomic E-state index is 0. The molecule has 9 heterocycles. The van der Waals surface area contributed by atoms with Gasteiger partial charge in [-0.1, -0.05) is 140 Å². The monoisotopic (exact) mass is 2120 g/mol. The number of methoxy groups -OCH3 is 3. The standard InChI is InChI=1S/C36H47F2N4O6.C35H45F2N4O6.C34H43F2N4O6.3V/c1-7-23-26(20-43)42-19-27(23)47-30-28(39-24-13-12-22(46-6)18-25(24)40-30)36(37,38)35(16-17-35)15-9-11-21-10-8-14-34(21,5)48-32(45)41-29(31(42)44)33(2,3)4;1-6-22-25(19-42)41-18-27(22)46-30-28(38-23-13-12-21(45-5)17-24(23)39-30)35(36,37)34(15-16-34)14-8-10-20-9-7-11-26(20)47-32(44)40-29(31(41)43)33(2,3)4;1-7-21-24(18-41)40-17-25(21)45-28-26(37-22-11-10-20(44-6)15-23(22)38-28)34(35,36)33(13-14-33)12-8-9-19-16-32(19,5)46-30(43)39-27(29(40)42)31(2,3)4;;;/h12-13,18,21,23,26-27,29H,7-11,14-17,19H2,1-6H3,(H,41,45);12-13,17,20,22,25-27,29H,6-11,14-16,18H2,1-5H3,(H,40,44);10-11,15,19,21,24-25,27H,7-9,12-14,16-17H2,1-6H3,(H,39,43);;;/q3*-1;;;/t21-,23-,26+,27-,29+,34+;20-,22-,25+,26+,27-,29+;19-,21+,24-,25+,27-,32-;;;/m001.../s1. The van der Waals surface area contributed by atoms with Gasteiger partial charge in [-0.05, 0) is 218 Å². The Morgan fingerprint density at radius 2 is 0.688 bits per heavy atom. The zero-order valence-corrected chi connectivity index (χ0v) is 89.4. The molecule has 39 heteroatoms. The molecule has 3 aromatic heterocycles. The number of hydrogen-bond acceptors (Lipinski definition) is 24. The Bertz CT molecular complexity index is 5750. The summed E-state index contributed by atoms with van der Waals surface area (Å²) in [6.07, 6.45) is 13.8. The topological polar surface area (TPSA) is 360 Å². The molecule has 3 aromatic carbocycles. The Hall–Kier alpha value is -8.96. The number of ether oxygens (including phenoxy) is 9. The molecule has 3 saturated heterocycles. The first-order valence-electron chi connectivity index (χ1n) is 50.4. The predicted octanol–water partition coefficient (Wildman–Crippen LogP) is 18.3. The van der Waals surface area contributed by atoms with Crippen LogP contribution in [0.1, 0.15) is 275 Å². The first-order valence-corrected chi connectivity index (χ1v) is 50.4. The van der Waals surface area contributed by atoms with Crippen molar-refractivity contribution in [1.29, 1.82) is 0 Å². The Morgan fingerprint density at radius 1 is 0.382 bits per heavy atom. The number of hydrogen-bond donors (Lipinski definition) is 3. The van der Waals surface area contributed by atoms with Crippen LogP contribution in [0.5, 0.6) is 34.9 Å². The van der Waals surface area contributed by atoms with Gasteiger partial charge in [-0.15, -0.1) is 0 Å². The fourth-order valence-electron chi connectivity index (χ4n) is 23.5. The average Bonchev–Trinajstić information content (AvgIpc) is 1.57. The van der Waals surface area contributed by atoms with Gasteiger partial charge >= 0.3 is 36.0 Å². The molecule has 3 N–H and O–H groups in total. The normalized spacial score (nSPS) is 31.0. The number of alkyl carbamates (subject to hydrolysis) is 3. The third-order valence-electron chi connectivity index (χ3n) is 32.9. The Kier molecular flexibility index (Phi) is 33.5. The minimum Gasteiger partial charge on any atom is -0.540 e. The second-order valence-electron chi connectivity index (χ2n) is 45.1. The van der Waals surface area contributed by atoms with Crippen molar-refractivity contribution in [3.63, 3.8) is 0 Å². The van der Waals surface area contributed by atoms with Gasteiger partial charge in [-0.25, -0.2) is 63.1 Å². The number of amides is 6. The van der Waals surface area contributed by atoms with E-state index in [1.165, 1.54) is 36.0 Å². The zero-order chi connectivity index (χ0) is 102. The molecule has 3 spiro atoms. The van der Waals surface area contributed by atoms with Crippen LogP contribution in [0.25, 0.3) is 33.1 Å². The van der Waals surface area contributed by atoms with Crippen molar-refractivity contribution in [2.24, 2.45) is 68.0 Å². The maximum absolute atomic E-state index is 16.9. The molecule has 6 aliphatic heterocycles. The number of nitrogens with one attached hydrogen (secondary N) is 3. The first kappa shape index (κ1) is 112. The first-order chi connectivity index (χ1) is 66.6. The molecule has 3 radical (unpaired) electrons. The van der Waals surface area contributed by atoms with Crippen LogP contribution in [-0.2, 0) is 116 Å². The third kappa shape index (κ3) is 22.0. The quantitative estimate of drug-likeness (QED) is 0.0687. The van der Waals surface area contributed by atoms with Crippen LogP contribution in [0, 0.1) is 68.0 Å². The molecule has 9 fully saturated rings. The third-order valence-corrected chi connectivity index (χ3v) is 32.9. The zero-order valence-electron chi connectivity index (χ0n) is 85.2. The number of alkyl halides is 6. The molecule has 18 atom stereocenters. The van der Waals surface area contributed by atoms with Gasteiger partial charge in [0, 0.05) is 96.0 Å².